The van der Waals surface area contributed by atoms with Crippen LogP contribution in [0.2, 0.25) is 0 Å². The lowest BCUT2D eigenvalue weighted by molar-refractivity contribution is -0.165. The molecule has 20 heavy (non-hydrogen) atoms. The molecule has 0 fully saturated rings. The molecule has 10 heteroatoms. The van der Waals surface area contributed by atoms with Gasteiger partial charge in [-0.05, 0) is 12.1 Å². The van der Waals surface area contributed by atoms with E-state index in [1.165, 1.54) is 4.40 Å². The second-order valence-electron chi connectivity index (χ2n) is 3.52. The van der Waals surface area contributed by atoms with Crippen molar-refractivity contribution in [2.75, 3.05) is 0 Å². The third kappa shape index (κ3) is 3.63. The number of aliphatic carboxylic acids is 2. The summed E-state index contributed by atoms with van der Waals surface area (Å²) in [6.45, 7) is 0. The SMILES string of the molecule is O=C(O)C(O)C(O)C(=O)O.O=c1[nH]nc2ccccn12. The second kappa shape index (κ2) is 6.45. The van der Waals surface area contributed by atoms with Crippen molar-refractivity contribution in [3.63, 3.8) is 0 Å². The summed E-state index contributed by atoms with van der Waals surface area (Å²) in [6, 6.07) is 5.37. The predicted molar refractivity (Wildman–Crippen MR) is 63.1 cm³/mol. The summed E-state index contributed by atoms with van der Waals surface area (Å²) in [5, 5.41) is 38.6. The van der Waals surface area contributed by atoms with Gasteiger partial charge in [0.05, 0.1) is 0 Å². The van der Waals surface area contributed by atoms with E-state index in [9.17, 15) is 14.4 Å². The fourth-order valence-corrected chi connectivity index (χ4v) is 1.13. The van der Waals surface area contributed by atoms with Gasteiger partial charge in [-0.1, -0.05) is 6.07 Å². The van der Waals surface area contributed by atoms with Gasteiger partial charge in [-0.25, -0.2) is 19.5 Å². The van der Waals surface area contributed by atoms with Gasteiger partial charge in [-0.3, -0.25) is 4.40 Å². The molecule has 0 spiro atoms. The van der Waals surface area contributed by atoms with Crippen LogP contribution in [-0.4, -0.2) is 59.2 Å². The number of nitrogens with one attached hydrogen (secondary N) is 1. The molecule has 2 heterocycles. The number of aromatic nitrogens is 3. The normalized spacial score (nSPS) is 13.1. The zero-order valence-electron chi connectivity index (χ0n) is 9.87. The van der Waals surface area contributed by atoms with Crippen LogP contribution >= 0.6 is 0 Å². The number of hydrogen-bond donors (Lipinski definition) is 5. The number of carboxylic acid groups (broad SMARTS) is 2. The first-order valence-corrected chi connectivity index (χ1v) is 5.18. The molecule has 2 unspecified atom stereocenters. The Hall–Kier alpha value is -2.72. The molecule has 0 aliphatic carbocycles. The Morgan fingerprint density at radius 1 is 1.15 bits per heavy atom. The molecule has 0 amide bonds. The van der Waals surface area contributed by atoms with Crippen LogP contribution in [0.1, 0.15) is 0 Å². The summed E-state index contributed by atoms with van der Waals surface area (Å²) in [7, 11) is 0. The number of H-pyrrole nitrogens is 1. The molecule has 0 bridgehead atoms. The maximum Gasteiger partial charge on any atom is 0.347 e. The molecule has 0 aromatic carbocycles. The van der Waals surface area contributed by atoms with E-state index in [4.69, 9.17) is 20.4 Å². The van der Waals surface area contributed by atoms with Gasteiger partial charge in [0.2, 0.25) is 0 Å². The second-order valence-corrected chi connectivity index (χ2v) is 3.52. The van der Waals surface area contributed by atoms with Crippen molar-refractivity contribution < 1.29 is 30.0 Å². The number of carbonyl (C=O) groups is 2. The number of fused-ring (bicyclic) bond motifs is 1. The number of aliphatic hydroxyl groups excluding tert-OH is 2. The zero-order valence-corrected chi connectivity index (χ0v) is 9.87. The number of aromatic amines is 1. The van der Waals surface area contributed by atoms with Crippen molar-refractivity contribution in [1.82, 2.24) is 14.6 Å². The molecule has 0 radical (unpaired) electrons. The summed E-state index contributed by atoms with van der Waals surface area (Å²) in [5.41, 5.74) is 0.447. The molecule has 0 saturated carbocycles. The summed E-state index contributed by atoms with van der Waals surface area (Å²) >= 11 is 0. The average molecular weight is 285 g/mol. The molecule has 0 aliphatic heterocycles. The lowest BCUT2D eigenvalue weighted by Gasteiger charge is -2.07. The molecule has 0 saturated heterocycles. The smallest absolute Gasteiger partial charge is 0.347 e. The van der Waals surface area contributed by atoms with Crippen LogP contribution in [0.25, 0.3) is 5.65 Å². The largest absolute Gasteiger partial charge is 0.479 e. The van der Waals surface area contributed by atoms with Gasteiger partial charge in [-0.15, -0.1) is 0 Å². The highest BCUT2D eigenvalue weighted by Gasteiger charge is 2.29. The Morgan fingerprint density at radius 2 is 1.70 bits per heavy atom. The molecule has 2 aromatic rings. The zero-order chi connectivity index (χ0) is 15.3. The van der Waals surface area contributed by atoms with Crippen molar-refractivity contribution in [3.05, 3.63) is 34.9 Å². The quantitative estimate of drug-likeness (QED) is 0.427. The van der Waals surface area contributed by atoms with E-state index in [1.54, 1.807) is 18.3 Å². The molecule has 108 valence electrons. The Bertz CT molecular complexity index is 644. The first kappa shape index (κ1) is 15.3. The van der Waals surface area contributed by atoms with E-state index in [-0.39, 0.29) is 5.69 Å². The minimum Gasteiger partial charge on any atom is -0.479 e. The maximum atomic E-state index is 10.8. The minimum absolute atomic E-state index is 0.199. The summed E-state index contributed by atoms with van der Waals surface area (Å²) in [5.74, 6) is -3.54. The number of carboxylic acids is 2. The van der Waals surface area contributed by atoms with Gasteiger partial charge >= 0.3 is 17.6 Å². The van der Waals surface area contributed by atoms with Crippen LogP contribution in [-0.2, 0) is 9.59 Å². The average Bonchev–Trinajstić information content (AvgIpc) is 2.80. The van der Waals surface area contributed by atoms with Crippen molar-refractivity contribution >= 4 is 17.6 Å². The summed E-state index contributed by atoms with van der Waals surface area (Å²) < 4.78 is 1.44. The van der Waals surface area contributed by atoms with E-state index in [2.05, 4.69) is 10.2 Å². The molecular weight excluding hydrogens is 274 g/mol. The topological polar surface area (TPSA) is 165 Å². The fraction of sp³-hybridized carbons (Fsp3) is 0.200. The fourth-order valence-electron chi connectivity index (χ4n) is 1.13. The first-order chi connectivity index (χ1) is 9.34. The van der Waals surface area contributed by atoms with E-state index in [0.29, 0.717) is 5.65 Å². The van der Waals surface area contributed by atoms with Gasteiger partial charge in [0.15, 0.2) is 17.9 Å². The number of hydrogen-bond acceptors (Lipinski definition) is 6. The molecule has 2 rings (SSSR count). The van der Waals surface area contributed by atoms with Gasteiger partial charge in [-0.2, -0.15) is 5.10 Å². The van der Waals surface area contributed by atoms with Crippen LogP contribution in [0.15, 0.2) is 29.2 Å². The van der Waals surface area contributed by atoms with Crippen molar-refractivity contribution in [3.8, 4) is 0 Å². The van der Waals surface area contributed by atoms with Gasteiger partial charge in [0.1, 0.15) is 0 Å². The molecule has 2 atom stereocenters. The van der Waals surface area contributed by atoms with Crippen LogP contribution in [0.3, 0.4) is 0 Å². The third-order valence-electron chi connectivity index (χ3n) is 2.13. The Labute approximate surface area is 110 Å². The Balaban J connectivity index is 0.000000200. The number of pyridine rings is 1. The van der Waals surface area contributed by atoms with Crippen LogP contribution in [0.4, 0.5) is 0 Å². The van der Waals surface area contributed by atoms with Gasteiger partial charge in [0.25, 0.3) is 0 Å². The van der Waals surface area contributed by atoms with Crippen molar-refractivity contribution in [2.45, 2.75) is 12.2 Å². The lowest BCUT2D eigenvalue weighted by Crippen LogP contribution is -2.39. The highest BCUT2D eigenvalue weighted by atomic mass is 16.4. The molecule has 0 aliphatic rings. The van der Waals surface area contributed by atoms with Gasteiger partial charge < -0.3 is 20.4 Å². The molecular formula is C10H11N3O7. The number of aliphatic hydroxyl groups is 2. The van der Waals surface area contributed by atoms with Crippen LogP contribution < -0.4 is 5.69 Å². The van der Waals surface area contributed by atoms with Crippen LogP contribution in [0, 0.1) is 0 Å². The van der Waals surface area contributed by atoms with Crippen molar-refractivity contribution in [1.29, 1.82) is 0 Å². The molecule has 2 aromatic heterocycles. The highest BCUT2D eigenvalue weighted by Crippen LogP contribution is 1.92. The van der Waals surface area contributed by atoms with E-state index >= 15 is 0 Å². The molecule has 10 nitrogen and oxygen atoms in total. The monoisotopic (exact) mass is 285 g/mol. The number of nitrogens with zero attached hydrogens (tertiary/aromatic N) is 2. The summed E-state index contributed by atoms with van der Waals surface area (Å²) in [4.78, 5) is 30.4. The standard InChI is InChI=1S/C6H5N3O.C4H6O6/c10-6-8-7-5-3-1-2-4-9(5)6;5-1(3(7)8)2(6)4(9)10/h1-4H,(H,8,10);1-2,5-6H,(H,7,8)(H,9,10). The first-order valence-electron chi connectivity index (χ1n) is 5.18. The predicted octanol–water partition coefficient (Wildman–Crippen LogP) is -2.10. The third-order valence-corrected chi connectivity index (χ3v) is 2.13. The van der Waals surface area contributed by atoms with E-state index in [1.807, 2.05) is 6.07 Å². The lowest BCUT2D eigenvalue weighted by atomic mass is 10.2. The highest BCUT2D eigenvalue weighted by molar-refractivity contribution is 5.83. The minimum atomic E-state index is -2.27. The summed E-state index contributed by atoms with van der Waals surface area (Å²) in [6.07, 6.45) is -2.86. The maximum absolute atomic E-state index is 10.8. The van der Waals surface area contributed by atoms with Crippen molar-refractivity contribution in [2.24, 2.45) is 0 Å². The Morgan fingerprint density at radius 3 is 2.15 bits per heavy atom. The molecule has 5 N–H and O–H groups in total. The van der Waals surface area contributed by atoms with Crippen LogP contribution in [0.5, 0.6) is 0 Å². The van der Waals surface area contributed by atoms with E-state index in [0.717, 1.165) is 0 Å². The number of rotatable bonds is 3. The Kier molecular flexibility index (Phi) is 4.94. The van der Waals surface area contributed by atoms with Gasteiger partial charge in [0, 0.05) is 6.20 Å². The van der Waals surface area contributed by atoms with E-state index < -0.39 is 24.1 Å².